The third kappa shape index (κ3) is 3.65. The van der Waals surface area contributed by atoms with Gasteiger partial charge in [0.2, 0.25) is 0 Å². The molecule has 0 saturated heterocycles. The maximum Gasteiger partial charge on any atom is 0.137 e. The number of nitrogens with one attached hydrogen (secondary N) is 1. The normalized spacial score (nSPS) is 11.1. The van der Waals surface area contributed by atoms with E-state index in [1.807, 2.05) is 48.9 Å². The van der Waals surface area contributed by atoms with Gasteiger partial charge in [0.1, 0.15) is 11.5 Å². The summed E-state index contributed by atoms with van der Waals surface area (Å²) in [6.45, 7) is 0. The molecule has 0 spiro atoms. The molecule has 0 amide bonds. The van der Waals surface area contributed by atoms with Crippen LogP contribution < -0.4 is 0 Å². The van der Waals surface area contributed by atoms with Crippen molar-refractivity contribution in [3.63, 3.8) is 0 Å². The van der Waals surface area contributed by atoms with Gasteiger partial charge in [-0.1, -0.05) is 35.3 Å². The zero-order chi connectivity index (χ0) is 17.2. The number of pyridine rings is 1. The lowest BCUT2D eigenvalue weighted by Gasteiger charge is -2.03. The summed E-state index contributed by atoms with van der Waals surface area (Å²) in [5.74, 6) is 0.787. The summed E-state index contributed by atoms with van der Waals surface area (Å²) in [5.41, 5.74) is 4.13. The summed E-state index contributed by atoms with van der Waals surface area (Å²) in [4.78, 5) is 16.4. The Kier molecular flexibility index (Phi) is 4.38. The van der Waals surface area contributed by atoms with Crippen LogP contribution in [-0.4, -0.2) is 19.9 Å². The van der Waals surface area contributed by atoms with Gasteiger partial charge in [0.25, 0.3) is 0 Å². The van der Waals surface area contributed by atoms with Gasteiger partial charge in [-0.15, -0.1) is 0 Å². The van der Waals surface area contributed by atoms with Crippen molar-refractivity contribution < 1.29 is 0 Å². The third-order valence-electron chi connectivity index (χ3n) is 4.01. The van der Waals surface area contributed by atoms with Crippen LogP contribution in [0.5, 0.6) is 0 Å². The van der Waals surface area contributed by atoms with Crippen LogP contribution in [0.15, 0.2) is 55.1 Å². The first-order valence-corrected chi connectivity index (χ1v) is 8.59. The van der Waals surface area contributed by atoms with Gasteiger partial charge in [0, 0.05) is 48.0 Å². The van der Waals surface area contributed by atoms with Crippen molar-refractivity contribution >= 4 is 34.2 Å². The molecular formula is C19H14Cl2N4. The van der Waals surface area contributed by atoms with E-state index in [2.05, 4.69) is 19.9 Å². The number of aromatic nitrogens is 4. The van der Waals surface area contributed by atoms with Gasteiger partial charge < -0.3 is 4.98 Å². The minimum Gasteiger partial charge on any atom is -0.346 e. The van der Waals surface area contributed by atoms with E-state index in [4.69, 9.17) is 23.2 Å². The van der Waals surface area contributed by atoms with Crippen LogP contribution >= 0.6 is 23.2 Å². The summed E-state index contributed by atoms with van der Waals surface area (Å²) in [6, 6.07) is 9.65. The van der Waals surface area contributed by atoms with Crippen LogP contribution in [0.1, 0.15) is 22.5 Å². The van der Waals surface area contributed by atoms with E-state index in [9.17, 15) is 0 Å². The molecule has 0 aliphatic carbocycles. The fourth-order valence-corrected chi connectivity index (χ4v) is 3.03. The molecule has 4 nitrogen and oxygen atoms in total. The minimum absolute atomic E-state index is 0.628. The number of hydrogen-bond donors (Lipinski definition) is 1. The van der Waals surface area contributed by atoms with Crippen LogP contribution in [0.3, 0.4) is 0 Å². The summed E-state index contributed by atoms with van der Waals surface area (Å²) in [7, 11) is 0. The minimum atomic E-state index is 0.628. The predicted molar refractivity (Wildman–Crippen MR) is 100 cm³/mol. The topological polar surface area (TPSA) is 54.5 Å². The number of hydrogen-bond acceptors (Lipinski definition) is 3. The van der Waals surface area contributed by atoms with Crippen LogP contribution in [0.2, 0.25) is 10.0 Å². The largest absolute Gasteiger partial charge is 0.346 e. The SMILES string of the molecule is Clc1ccc(Cc2ncc(Cc3c[nH]c4ncc(Cl)cc34)cn2)cc1. The van der Waals surface area contributed by atoms with Crippen molar-refractivity contribution in [2.24, 2.45) is 0 Å². The highest BCUT2D eigenvalue weighted by molar-refractivity contribution is 6.31. The molecule has 4 rings (SSSR count). The lowest BCUT2D eigenvalue weighted by Crippen LogP contribution is -1.98. The average Bonchev–Trinajstić information content (AvgIpc) is 3.01. The van der Waals surface area contributed by atoms with Crippen molar-refractivity contribution in [2.75, 3.05) is 0 Å². The number of H-pyrrole nitrogens is 1. The first kappa shape index (κ1) is 16.1. The van der Waals surface area contributed by atoms with Gasteiger partial charge in [-0.3, -0.25) is 0 Å². The summed E-state index contributed by atoms with van der Waals surface area (Å²) in [6.07, 6.45) is 8.74. The van der Waals surface area contributed by atoms with Crippen LogP contribution in [0.25, 0.3) is 11.0 Å². The Bertz CT molecular complexity index is 1010. The Morgan fingerprint density at radius 2 is 1.56 bits per heavy atom. The second-order valence-electron chi connectivity index (χ2n) is 5.85. The molecule has 4 aromatic rings. The van der Waals surface area contributed by atoms with Crippen LogP contribution in [0, 0.1) is 0 Å². The van der Waals surface area contributed by atoms with Crippen LogP contribution in [0.4, 0.5) is 0 Å². The summed E-state index contributed by atoms with van der Waals surface area (Å²) in [5, 5.41) is 2.38. The van der Waals surface area contributed by atoms with E-state index in [0.717, 1.165) is 45.0 Å². The molecule has 25 heavy (non-hydrogen) atoms. The van der Waals surface area contributed by atoms with Crippen molar-refractivity contribution in [2.45, 2.75) is 12.8 Å². The number of halogens is 2. The average molecular weight is 369 g/mol. The van der Waals surface area contributed by atoms with Gasteiger partial charge in [0.05, 0.1) is 5.02 Å². The van der Waals surface area contributed by atoms with E-state index in [-0.39, 0.29) is 0 Å². The molecule has 0 aliphatic rings. The molecule has 6 heteroatoms. The molecule has 0 saturated carbocycles. The molecule has 3 heterocycles. The van der Waals surface area contributed by atoms with Crippen LogP contribution in [-0.2, 0) is 12.8 Å². The monoisotopic (exact) mass is 368 g/mol. The zero-order valence-electron chi connectivity index (χ0n) is 13.2. The second kappa shape index (κ2) is 6.82. The smallest absolute Gasteiger partial charge is 0.137 e. The highest BCUT2D eigenvalue weighted by Gasteiger charge is 2.08. The molecule has 0 unspecified atom stereocenters. The van der Waals surface area contributed by atoms with Crippen molar-refractivity contribution in [1.29, 1.82) is 0 Å². The third-order valence-corrected chi connectivity index (χ3v) is 4.47. The van der Waals surface area contributed by atoms with E-state index < -0.39 is 0 Å². The second-order valence-corrected chi connectivity index (χ2v) is 6.72. The predicted octanol–water partition coefficient (Wildman–Crippen LogP) is 4.84. The first-order chi connectivity index (χ1) is 12.2. The Morgan fingerprint density at radius 3 is 2.32 bits per heavy atom. The Balaban J connectivity index is 1.51. The standard InChI is InChI=1S/C19H14Cl2N4/c20-15-3-1-12(2-4-15)6-18-22-8-13(9-23-18)5-14-10-24-19-17(14)7-16(21)11-25-19/h1-4,7-11H,5-6H2,(H,24,25). The Hall–Kier alpha value is -2.43. The highest BCUT2D eigenvalue weighted by atomic mass is 35.5. The van der Waals surface area contributed by atoms with Gasteiger partial charge in [-0.2, -0.15) is 0 Å². The first-order valence-electron chi connectivity index (χ1n) is 7.83. The number of rotatable bonds is 4. The van der Waals surface area contributed by atoms with Crippen molar-refractivity contribution in [3.05, 3.63) is 87.7 Å². The van der Waals surface area contributed by atoms with Crippen molar-refractivity contribution in [3.8, 4) is 0 Å². The molecule has 0 fully saturated rings. The molecular weight excluding hydrogens is 355 g/mol. The Morgan fingerprint density at radius 1 is 0.800 bits per heavy atom. The molecule has 0 bridgehead atoms. The van der Waals surface area contributed by atoms with Gasteiger partial charge >= 0.3 is 0 Å². The highest BCUT2D eigenvalue weighted by Crippen LogP contribution is 2.22. The molecule has 1 N–H and O–H groups in total. The van der Waals surface area contributed by atoms with E-state index in [1.165, 1.54) is 0 Å². The molecule has 3 aromatic heterocycles. The molecule has 0 aliphatic heterocycles. The van der Waals surface area contributed by atoms with E-state index in [0.29, 0.717) is 11.4 Å². The Labute approximate surface area is 154 Å². The lowest BCUT2D eigenvalue weighted by atomic mass is 10.1. The maximum absolute atomic E-state index is 6.05. The zero-order valence-corrected chi connectivity index (χ0v) is 14.7. The molecule has 1 aromatic carbocycles. The maximum atomic E-state index is 6.05. The van der Waals surface area contributed by atoms with E-state index >= 15 is 0 Å². The molecule has 0 radical (unpaired) electrons. The fourth-order valence-electron chi connectivity index (χ4n) is 2.75. The molecule has 124 valence electrons. The number of aromatic amines is 1. The summed E-state index contributed by atoms with van der Waals surface area (Å²) < 4.78 is 0. The lowest BCUT2D eigenvalue weighted by molar-refractivity contribution is 0.943. The molecule has 0 atom stereocenters. The summed E-state index contributed by atoms with van der Waals surface area (Å²) >= 11 is 12.0. The van der Waals surface area contributed by atoms with Gasteiger partial charge in [-0.25, -0.2) is 15.0 Å². The number of benzene rings is 1. The number of fused-ring (bicyclic) bond motifs is 1. The van der Waals surface area contributed by atoms with E-state index in [1.54, 1.807) is 6.20 Å². The number of nitrogens with zero attached hydrogens (tertiary/aromatic N) is 3. The van der Waals surface area contributed by atoms with Gasteiger partial charge in [0.15, 0.2) is 0 Å². The van der Waals surface area contributed by atoms with Gasteiger partial charge in [-0.05, 0) is 34.9 Å². The van der Waals surface area contributed by atoms with Crippen molar-refractivity contribution in [1.82, 2.24) is 19.9 Å². The fraction of sp³-hybridized carbons (Fsp3) is 0.105. The quantitative estimate of drug-likeness (QED) is 0.560.